The van der Waals surface area contributed by atoms with Crippen molar-refractivity contribution in [1.29, 1.82) is 0 Å². The summed E-state index contributed by atoms with van der Waals surface area (Å²) < 4.78 is 7.57. The molecule has 6 nitrogen and oxygen atoms in total. The molecule has 0 aliphatic carbocycles. The van der Waals surface area contributed by atoms with E-state index in [1.807, 2.05) is 6.92 Å². The van der Waals surface area contributed by atoms with Crippen molar-refractivity contribution in [2.45, 2.75) is 19.8 Å². The molecule has 1 aromatic rings. The maximum Gasteiger partial charge on any atom is 0.348 e. The zero-order valence-corrected chi connectivity index (χ0v) is 12.9. The van der Waals surface area contributed by atoms with E-state index in [0.29, 0.717) is 12.1 Å². The molecule has 7 heteroatoms. The first-order chi connectivity index (χ1) is 10.6. The number of amides is 2. The highest BCUT2D eigenvalue weighted by atomic mass is 32.2. The summed E-state index contributed by atoms with van der Waals surface area (Å²) in [6.45, 7) is 2.60. The molecule has 0 fully saturated rings. The Bertz CT molecular complexity index is 628. The Morgan fingerprint density at radius 2 is 2.09 bits per heavy atom. The van der Waals surface area contributed by atoms with Crippen LogP contribution in [0.3, 0.4) is 0 Å². The van der Waals surface area contributed by atoms with E-state index in [9.17, 15) is 14.4 Å². The molecule has 1 heterocycles. The van der Waals surface area contributed by atoms with Crippen molar-refractivity contribution in [3.05, 3.63) is 40.8 Å². The van der Waals surface area contributed by atoms with Gasteiger partial charge in [0.15, 0.2) is 0 Å². The average molecular weight is 320 g/mol. The largest absolute Gasteiger partial charge is 0.422 e. The zero-order chi connectivity index (χ0) is 15.9. The van der Waals surface area contributed by atoms with E-state index < -0.39 is 11.8 Å². The summed E-state index contributed by atoms with van der Waals surface area (Å²) in [6.07, 6.45) is 1.87. The Morgan fingerprint density at radius 3 is 2.86 bits per heavy atom. The van der Waals surface area contributed by atoms with Crippen molar-refractivity contribution >= 4 is 29.7 Å². The SMILES string of the molecule is CCCCNC(=O)NS/C=C1\C(=O)Oc2ccccc2C1=O. The second-order valence-corrected chi connectivity index (χ2v) is 5.25. The number of esters is 1. The number of hydrogen-bond acceptors (Lipinski definition) is 5. The van der Waals surface area contributed by atoms with Crippen LogP contribution in [0.15, 0.2) is 35.2 Å². The van der Waals surface area contributed by atoms with Crippen LogP contribution < -0.4 is 14.8 Å². The third-order valence-electron chi connectivity index (χ3n) is 2.94. The maximum absolute atomic E-state index is 12.2. The molecule has 2 amide bonds. The minimum atomic E-state index is -0.718. The average Bonchev–Trinajstić information content (AvgIpc) is 2.51. The highest BCUT2D eigenvalue weighted by Crippen LogP contribution is 2.28. The number of Topliss-reactive ketones (excluding diaryl/α,β-unsaturated/α-hetero) is 1. The van der Waals surface area contributed by atoms with Gasteiger partial charge in [-0.05, 0) is 30.5 Å². The zero-order valence-electron chi connectivity index (χ0n) is 12.0. The quantitative estimate of drug-likeness (QED) is 0.217. The van der Waals surface area contributed by atoms with Crippen LogP contribution >= 0.6 is 11.9 Å². The first kappa shape index (κ1) is 16.1. The molecule has 0 atom stereocenters. The fraction of sp³-hybridized carbons (Fsp3) is 0.267. The highest BCUT2D eigenvalue weighted by molar-refractivity contribution is 8.00. The second kappa shape index (κ2) is 7.65. The molecule has 0 aromatic heterocycles. The van der Waals surface area contributed by atoms with Crippen molar-refractivity contribution in [1.82, 2.24) is 10.0 Å². The number of ether oxygens (including phenoxy) is 1. The highest BCUT2D eigenvalue weighted by Gasteiger charge is 2.30. The standard InChI is InChI=1S/C15H16N2O4S/c1-2-3-8-16-15(20)17-22-9-11-13(18)10-6-4-5-7-12(10)21-14(11)19/h4-7,9H,2-3,8H2,1H3,(H2,16,17,20)/b11-9-. The van der Waals surface area contributed by atoms with E-state index in [1.54, 1.807) is 24.3 Å². The second-order valence-electron chi connectivity index (χ2n) is 4.58. The lowest BCUT2D eigenvalue weighted by Gasteiger charge is -2.16. The predicted molar refractivity (Wildman–Crippen MR) is 83.5 cm³/mol. The van der Waals surface area contributed by atoms with Gasteiger partial charge < -0.3 is 10.1 Å². The van der Waals surface area contributed by atoms with Crippen LogP contribution in [-0.4, -0.2) is 24.3 Å². The van der Waals surface area contributed by atoms with Gasteiger partial charge in [0.2, 0.25) is 5.78 Å². The Kier molecular flexibility index (Phi) is 5.60. The van der Waals surface area contributed by atoms with Crippen LogP contribution in [-0.2, 0) is 4.79 Å². The first-order valence-corrected chi connectivity index (χ1v) is 7.77. The van der Waals surface area contributed by atoms with Crippen molar-refractivity contribution in [3.63, 3.8) is 0 Å². The summed E-state index contributed by atoms with van der Waals surface area (Å²) in [6, 6.07) is 6.17. The summed E-state index contributed by atoms with van der Waals surface area (Å²) in [7, 11) is 0. The van der Waals surface area contributed by atoms with Gasteiger partial charge in [-0.2, -0.15) is 0 Å². The number of ketones is 1. The molecule has 0 spiro atoms. The number of hydrogen-bond donors (Lipinski definition) is 2. The lowest BCUT2D eigenvalue weighted by atomic mass is 10.0. The number of rotatable bonds is 5. The number of carbonyl (C=O) groups is 3. The molecule has 2 rings (SSSR count). The number of para-hydroxylation sites is 1. The molecular formula is C15H16N2O4S. The van der Waals surface area contributed by atoms with Crippen LogP contribution in [0.5, 0.6) is 5.75 Å². The minimum Gasteiger partial charge on any atom is -0.422 e. The fourth-order valence-corrected chi connectivity index (χ4v) is 2.35. The van der Waals surface area contributed by atoms with Crippen molar-refractivity contribution < 1.29 is 19.1 Å². The fourth-order valence-electron chi connectivity index (χ4n) is 1.79. The van der Waals surface area contributed by atoms with Crippen molar-refractivity contribution in [3.8, 4) is 5.75 Å². The third-order valence-corrected chi connectivity index (χ3v) is 3.60. The molecule has 2 N–H and O–H groups in total. The van der Waals surface area contributed by atoms with Crippen LogP contribution in [0.1, 0.15) is 30.1 Å². The summed E-state index contributed by atoms with van der Waals surface area (Å²) in [5, 5.41) is 3.95. The normalized spacial score (nSPS) is 15.2. The Morgan fingerprint density at radius 1 is 1.32 bits per heavy atom. The predicted octanol–water partition coefficient (Wildman–Crippen LogP) is 2.42. The monoisotopic (exact) mass is 320 g/mol. The number of urea groups is 1. The smallest absolute Gasteiger partial charge is 0.348 e. The van der Waals surface area contributed by atoms with E-state index in [-0.39, 0.29) is 17.4 Å². The van der Waals surface area contributed by atoms with Crippen molar-refractivity contribution in [2.75, 3.05) is 6.54 Å². The van der Waals surface area contributed by atoms with Crippen LogP contribution in [0, 0.1) is 0 Å². The van der Waals surface area contributed by atoms with Crippen molar-refractivity contribution in [2.24, 2.45) is 0 Å². The molecule has 22 heavy (non-hydrogen) atoms. The third kappa shape index (κ3) is 3.88. The molecule has 1 aliphatic rings. The van der Waals surface area contributed by atoms with Gasteiger partial charge in [-0.15, -0.1) is 0 Å². The lowest BCUT2D eigenvalue weighted by molar-refractivity contribution is -0.130. The summed E-state index contributed by atoms with van der Waals surface area (Å²) >= 11 is 0.862. The summed E-state index contributed by atoms with van der Waals surface area (Å²) in [4.78, 5) is 35.5. The van der Waals surface area contributed by atoms with Gasteiger partial charge in [-0.1, -0.05) is 25.5 Å². The Balaban J connectivity index is 1.96. The number of fused-ring (bicyclic) bond motifs is 1. The van der Waals surface area contributed by atoms with Gasteiger partial charge in [-0.25, -0.2) is 9.59 Å². The van der Waals surface area contributed by atoms with Crippen LogP contribution in [0.25, 0.3) is 0 Å². The van der Waals surface area contributed by atoms with Gasteiger partial charge in [0.05, 0.1) is 5.56 Å². The maximum atomic E-state index is 12.2. The van der Waals surface area contributed by atoms with E-state index in [2.05, 4.69) is 10.0 Å². The molecular weight excluding hydrogens is 304 g/mol. The first-order valence-electron chi connectivity index (χ1n) is 6.89. The molecule has 1 aliphatic heterocycles. The van der Waals surface area contributed by atoms with E-state index >= 15 is 0 Å². The Hall–Kier alpha value is -2.28. The van der Waals surface area contributed by atoms with E-state index in [0.717, 1.165) is 24.8 Å². The molecule has 116 valence electrons. The molecule has 0 bridgehead atoms. The van der Waals surface area contributed by atoms with Gasteiger partial charge in [-0.3, -0.25) is 9.52 Å². The van der Waals surface area contributed by atoms with E-state index in [4.69, 9.17) is 4.74 Å². The molecule has 0 unspecified atom stereocenters. The topological polar surface area (TPSA) is 84.5 Å². The summed E-state index contributed by atoms with van der Waals surface area (Å²) in [5.41, 5.74) is 0.235. The molecule has 0 saturated carbocycles. The number of carbonyl (C=O) groups excluding carboxylic acids is 3. The number of benzene rings is 1. The van der Waals surface area contributed by atoms with E-state index in [1.165, 1.54) is 5.41 Å². The van der Waals surface area contributed by atoms with Gasteiger partial charge in [0.1, 0.15) is 11.3 Å². The molecule has 0 saturated heterocycles. The van der Waals surface area contributed by atoms with Crippen LogP contribution in [0.4, 0.5) is 4.79 Å². The molecule has 1 aromatic carbocycles. The Labute approximate surface area is 132 Å². The summed E-state index contributed by atoms with van der Waals surface area (Å²) in [5.74, 6) is -0.873. The number of unbranched alkanes of at least 4 members (excludes halogenated alkanes) is 1. The van der Waals surface area contributed by atoms with Crippen LogP contribution in [0.2, 0.25) is 0 Å². The van der Waals surface area contributed by atoms with Gasteiger partial charge in [0, 0.05) is 12.0 Å². The minimum absolute atomic E-state index is 0.0995. The lowest BCUT2D eigenvalue weighted by Crippen LogP contribution is -2.32. The molecule has 0 radical (unpaired) electrons. The number of nitrogens with one attached hydrogen (secondary N) is 2. The van der Waals surface area contributed by atoms with Gasteiger partial charge >= 0.3 is 12.0 Å². The van der Waals surface area contributed by atoms with Gasteiger partial charge in [0.25, 0.3) is 0 Å².